The summed E-state index contributed by atoms with van der Waals surface area (Å²) >= 11 is 0. The molecule has 0 unspecified atom stereocenters. The highest BCUT2D eigenvalue weighted by Gasteiger charge is 2.14. The quantitative estimate of drug-likeness (QED) is 0.702. The summed E-state index contributed by atoms with van der Waals surface area (Å²) in [7, 11) is 0. The van der Waals surface area contributed by atoms with Crippen LogP contribution in [0.1, 0.15) is 20.3 Å². The Labute approximate surface area is 81.2 Å². The molecule has 1 atom stereocenters. The smallest absolute Gasteiger partial charge is 0.0594 e. The van der Waals surface area contributed by atoms with Crippen LogP contribution in [-0.2, 0) is 4.74 Å². The van der Waals surface area contributed by atoms with Gasteiger partial charge in [0.1, 0.15) is 0 Å². The SMILES string of the molecule is CC(C)C[C@H](N)CN1CCOCC1. The lowest BCUT2D eigenvalue weighted by Gasteiger charge is -2.29. The van der Waals surface area contributed by atoms with Gasteiger partial charge in [-0.1, -0.05) is 13.8 Å². The second-order valence-electron chi connectivity index (χ2n) is 4.30. The van der Waals surface area contributed by atoms with Crippen molar-refractivity contribution in [2.24, 2.45) is 11.7 Å². The van der Waals surface area contributed by atoms with E-state index in [1.165, 1.54) is 0 Å². The normalized spacial score (nSPS) is 22.2. The summed E-state index contributed by atoms with van der Waals surface area (Å²) in [4.78, 5) is 2.40. The molecule has 78 valence electrons. The molecule has 1 fully saturated rings. The Morgan fingerprint density at radius 1 is 1.31 bits per heavy atom. The Morgan fingerprint density at radius 3 is 2.46 bits per heavy atom. The van der Waals surface area contributed by atoms with Crippen LogP contribution in [0.3, 0.4) is 0 Å². The molecule has 13 heavy (non-hydrogen) atoms. The summed E-state index contributed by atoms with van der Waals surface area (Å²) in [6, 6.07) is 0.332. The van der Waals surface area contributed by atoms with Crippen molar-refractivity contribution < 1.29 is 4.74 Å². The topological polar surface area (TPSA) is 38.5 Å². The molecular weight excluding hydrogens is 164 g/mol. The third-order valence-electron chi connectivity index (χ3n) is 2.37. The van der Waals surface area contributed by atoms with Gasteiger partial charge >= 0.3 is 0 Å². The molecule has 1 saturated heterocycles. The van der Waals surface area contributed by atoms with Crippen LogP contribution in [-0.4, -0.2) is 43.8 Å². The van der Waals surface area contributed by atoms with Gasteiger partial charge in [-0.15, -0.1) is 0 Å². The van der Waals surface area contributed by atoms with E-state index in [1.807, 2.05) is 0 Å². The number of rotatable bonds is 4. The molecule has 1 aliphatic heterocycles. The molecule has 3 heteroatoms. The summed E-state index contributed by atoms with van der Waals surface area (Å²) in [5.74, 6) is 0.705. The van der Waals surface area contributed by atoms with Crippen molar-refractivity contribution in [2.75, 3.05) is 32.8 Å². The van der Waals surface area contributed by atoms with Crippen LogP contribution >= 0.6 is 0 Å². The van der Waals surface area contributed by atoms with Gasteiger partial charge in [0.2, 0.25) is 0 Å². The number of hydrogen-bond acceptors (Lipinski definition) is 3. The number of ether oxygens (including phenoxy) is 1. The highest BCUT2D eigenvalue weighted by atomic mass is 16.5. The van der Waals surface area contributed by atoms with Crippen LogP contribution in [0.25, 0.3) is 0 Å². The first-order chi connectivity index (χ1) is 6.18. The average Bonchev–Trinajstić information content (AvgIpc) is 2.04. The Kier molecular flexibility index (Phi) is 4.70. The van der Waals surface area contributed by atoms with E-state index in [9.17, 15) is 0 Å². The minimum absolute atomic E-state index is 0.332. The zero-order chi connectivity index (χ0) is 9.68. The second kappa shape index (κ2) is 5.58. The zero-order valence-corrected chi connectivity index (χ0v) is 8.83. The molecule has 0 bridgehead atoms. The maximum absolute atomic E-state index is 6.02. The van der Waals surface area contributed by atoms with Crippen LogP contribution in [0.4, 0.5) is 0 Å². The van der Waals surface area contributed by atoms with Crippen molar-refractivity contribution in [3.8, 4) is 0 Å². The Hall–Kier alpha value is -0.120. The molecule has 1 aliphatic rings. The molecule has 0 aromatic rings. The van der Waals surface area contributed by atoms with Crippen molar-refractivity contribution in [1.82, 2.24) is 4.90 Å². The Balaban J connectivity index is 2.14. The number of nitrogens with zero attached hydrogens (tertiary/aromatic N) is 1. The molecule has 0 radical (unpaired) electrons. The van der Waals surface area contributed by atoms with Crippen LogP contribution in [0, 0.1) is 5.92 Å². The van der Waals surface area contributed by atoms with Gasteiger partial charge in [0.25, 0.3) is 0 Å². The molecule has 0 aliphatic carbocycles. The summed E-state index contributed by atoms with van der Waals surface area (Å²) in [6.07, 6.45) is 1.12. The number of morpholine rings is 1. The lowest BCUT2D eigenvalue weighted by atomic mass is 10.0. The lowest BCUT2D eigenvalue weighted by Crippen LogP contribution is -2.44. The highest BCUT2D eigenvalue weighted by Crippen LogP contribution is 2.05. The minimum atomic E-state index is 0.332. The number of hydrogen-bond donors (Lipinski definition) is 1. The monoisotopic (exact) mass is 186 g/mol. The van der Waals surface area contributed by atoms with Crippen LogP contribution in [0.5, 0.6) is 0 Å². The first-order valence-electron chi connectivity index (χ1n) is 5.24. The molecule has 0 amide bonds. The summed E-state index contributed by atoms with van der Waals surface area (Å²) in [6.45, 7) is 9.31. The second-order valence-corrected chi connectivity index (χ2v) is 4.30. The van der Waals surface area contributed by atoms with Gasteiger partial charge in [-0.25, -0.2) is 0 Å². The largest absolute Gasteiger partial charge is 0.379 e. The maximum atomic E-state index is 6.02. The van der Waals surface area contributed by atoms with E-state index in [-0.39, 0.29) is 0 Å². The molecule has 0 spiro atoms. The maximum Gasteiger partial charge on any atom is 0.0594 e. The van der Waals surface area contributed by atoms with Gasteiger partial charge in [0.05, 0.1) is 13.2 Å². The van der Waals surface area contributed by atoms with Gasteiger partial charge in [0, 0.05) is 25.7 Å². The van der Waals surface area contributed by atoms with Crippen LogP contribution in [0.15, 0.2) is 0 Å². The third-order valence-corrected chi connectivity index (χ3v) is 2.37. The lowest BCUT2D eigenvalue weighted by molar-refractivity contribution is 0.0345. The van der Waals surface area contributed by atoms with Crippen molar-refractivity contribution >= 4 is 0 Å². The molecule has 1 rings (SSSR count). The fourth-order valence-electron chi connectivity index (χ4n) is 1.80. The van der Waals surface area contributed by atoms with E-state index in [1.54, 1.807) is 0 Å². The summed E-state index contributed by atoms with van der Waals surface area (Å²) < 4.78 is 5.28. The fraction of sp³-hybridized carbons (Fsp3) is 1.00. The Bertz CT molecular complexity index is 133. The van der Waals surface area contributed by atoms with E-state index in [4.69, 9.17) is 10.5 Å². The first-order valence-corrected chi connectivity index (χ1v) is 5.24. The van der Waals surface area contributed by atoms with Crippen LogP contribution in [0.2, 0.25) is 0 Å². The van der Waals surface area contributed by atoms with Crippen molar-refractivity contribution in [3.63, 3.8) is 0 Å². The standard InChI is InChI=1S/C10H22N2O/c1-9(2)7-10(11)8-12-3-5-13-6-4-12/h9-10H,3-8,11H2,1-2H3/t10-/m0/s1. The highest BCUT2D eigenvalue weighted by molar-refractivity contribution is 4.71. The van der Waals surface area contributed by atoms with E-state index < -0.39 is 0 Å². The fourth-order valence-corrected chi connectivity index (χ4v) is 1.80. The van der Waals surface area contributed by atoms with Crippen molar-refractivity contribution in [2.45, 2.75) is 26.3 Å². The van der Waals surface area contributed by atoms with Gasteiger partial charge in [-0.2, -0.15) is 0 Å². The molecule has 0 saturated carbocycles. The molecule has 1 heterocycles. The Morgan fingerprint density at radius 2 is 1.92 bits per heavy atom. The van der Waals surface area contributed by atoms with Crippen LogP contribution < -0.4 is 5.73 Å². The summed E-state index contributed by atoms with van der Waals surface area (Å²) in [5.41, 5.74) is 6.02. The molecule has 0 aromatic heterocycles. The van der Waals surface area contributed by atoms with E-state index in [2.05, 4.69) is 18.7 Å². The molecule has 2 N–H and O–H groups in total. The van der Waals surface area contributed by atoms with Crippen molar-refractivity contribution in [1.29, 1.82) is 0 Å². The predicted molar refractivity (Wildman–Crippen MR) is 54.7 cm³/mol. The van der Waals surface area contributed by atoms with Gasteiger partial charge in [-0.3, -0.25) is 4.90 Å². The third kappa shape index (κ3) is 4.60. The first kappa shape index (κ1) is 11.0. The molecule has 0 aromatic carbocycles. The minimum Gasteiger partial charge on any atom is -0.379 e. The van der Waals surface area contributed by atoms with E-state index in [0.29, 0.717) is 12.0 Å². The summed E-state index contributed by atoms with van der Waals surface area (Å²) in [5, 5.41) is 0. The zero-order valence-electron chi connectivity index (χ0n) is 8.83. The van der Waals surface area contributed by atoms with E-state index in [0.717, 1.165) is 39.3 Å². The van der Waals surface area contributed by atoms with Gasteiger partial charge in [0.15, 0.2) is 0 Å². The van der Waals surface area contributed by atoms with Gasteiger partial charge < -0.3 is 10.5 Å². The average molecular weight is 186 g/mol. The molecule has 3 nitrogen and oxygen atoms in total. The molecular formula is C10H22N2O. The van der Waals surface area contributed by atoms with E-state index >= 15 is 0 Å². The van der Waals surface area contributed by atoms with Gasteiger partial charge in [-0.05, 0) is 12.3 Å². The van der Waals surface area contributed by atoms with Crippen molar-refractivity contribution in [3.05, 3.63) is 0 Å². The predicted octanol–water partition coefficient (Wildman–Crippen LogP) is 0.692. The number of nitrogens with two attached hydrogens (primary N) is 1.